The largest absolute Gasteiger partial charge is 0.421 e. The van der Waals surface area contributed by atoms with Crippen LogP contribution in [0.5, 0.6) is 5.75 Å². The lowest BCUT2D eigenvalue weighted by Gasteiger charge is -2.07. The first-order valence-electron chi connectivity index (χ1n) is 6.14. The van der Waals surface area contributed by atoms with Gasteiger partial charge in [-0.15, -0.1) is 5.10 Å². The van der Waals surface area contributed by atoms with Crippen LogP contribution in [0.2, 0.25) is 10.0 Å². The number of benzene rings is 2. The zero-order chi connectivity index (χ0) is 15.5. The second kappa shape index (κ2) is 6.13. The molecule has 0 unspecified atom stereocenters. The van der Waals surface area contributed by atoms with Crippen LogP contribution in [0.25, 0.3) is 5.69 Å². The number of carbonyl (C=O) groups excluding carboxylic acids is 1. The molecule has 3 rings (SSSR count). The van der Waals surface area contributed by atoms with E-state index in [9.17, 15) is 4.79 Å². The van der Waals surface area contributed by atoms with Crippen molar-refractivity contribution in [3.05, 3.63) is 64.4 Å². The Morgan fingerprint density at radius 2 is 2.00 bits per heavy atom. The third-order valence-electron chi connectivity index (χ3n) is 2.79. The normalized spacial score (nSPS) is 10.5. The highest BCUT2D eigenvalue weighted by Crippen LogP contribution is 2.28. The molecule has 22 heavy (non-hydrogen) atoms. The summed E-state index contributed by atoms with van der Waals surface area (Å²) in [6, 6.07) is 11.3. The first-order chi connectivity index (χ1) is 10.6. The summed E-state index contributed by atoms with van der Waals surface area (Å²) >= 11 is 11.8. The van der Waals surface area contributed by atoms with Crippen LogP contribution in [0.4, 0.5) is 0 Å². The maximum Gasteiger partial charge on any atom is 0.343 e. The molecule has 6 nitrogen and oxygen atoms in total. The van der Waals surface area contributed by atoms with Gasteiger partial charge < -0.3 is 4.74 Å². The number of hydrogen-bond acceptors (Lipinski definition) is 5. The SMILES string of the molecule is O=C(Oc1ccc(Cl)cc1Cl)c1cccc(-n2cnnn2)c1. The second-order valence-electron chi connectivity index (χ2n) is 4.27. The van der Waals surface area contributed by atoms with Crippen LogP contribution >= 0.6 is 23.2 Å². The molecule has 0 atom stereocenters. The smallest absolute Gasteiger partial charge is 0.343 e. The summed E-state index contributed by atoms with van der Waals surface area (Å²) in [5.74, 6) is -0.303. The van der Waals surface area contributed by atoms with Crippen LogP contribution in [0.1, 0.15) is 10.4 Å². The van der Waals surface area contributed by atoms with Gasteiger partial charge in [0.05, 0.1) is 16.3 Å². The predicted octanol–water partition coefficient (Wildman–Crippen LogP) is 3.19. The van der Waals surface area contributed by atoms with Crippen molar-refractivity contribution in [2.24, 2.45) is 0 Å². The maximum absolute atomic E-state index is 12.2. The number of aromatic nitrogens is 4. The average molecular weight is 335 g/mol. The summed E-state index contributed by atoms with van der Waals surface area (Å²) in [4.78, 5) is 12.2. The van der Waals surface area contributed by atoms with E-state index in [2.05, 4.69) is 15.5 Å². The van der Waals surface area contributed by atoms with Crippen molar-refractivity contribution >= 4 is 29.2 Å². The van der Waals surface area contributed by atoms with Gasteiger partial charge in [0.25, 0.3) is 0 Å². The van der Waals surface area contributed by atoms with Crippen molar-refractivity contribution in [2.75, 3.05) is 0 Å². The van der Waals surface area contributed by atoms with E-state index in [0.717, 1.165) is 0 Å². The Bertz CT molecular complexity index is 821. The molecule has 8 heteroatoms. The van der Waals surface area contributed by atoms with Crippen molar-refractivity contribution in [1.29, 1.82) is 0 Å². The Morgan fingerprint density at radius 3 is 2.73 bits per heavy atom. The number of rotatable bonds is 3. The molecule has 2 aromatic carbocycles. The van der Waals surface area contributed by atoms with Gasteiger partial charge in [0.1, 0.15) is 12.1 Å². The lowest BCUT2D eigenvalue weighted by Crippen LogP contribution is -2.09. The molecule has 3 aromatic rings. The van der Waals surface area contributed by atoms with Crippen molar-refractivity contribution < 1.29 is 9.53 Å². The Hall–Kier alpha value is -2.44. The van der Waals surface area contributed by atoms with Crippen LogP contribution in [-0.2, 0) is 0 Å². The van der Waals surface area contributed by atoms with Gasteiger partial charge in [0, 0.05) is 5.02 Å². The number of halogens is 2. The highest BCUT2D eigenvalue weighted by atomic mass is 35.5. The summed E-state index contributed by atoms with van der Waals surface area (Å²) in [6.45, 7) is 0. The molecule has 0 fully saturated rings. The molecular formula is C14H8Cl2N4O2. The molecule has 0 bridgehead atoms. The lowest BCUT2D eigenvalue weighted by molar-refractivity contribution is 0.0735. The summed E-state index contributed by atoms with van der Waals surface area (Å²) < 4.78 is 6.70. The summed E-state index contributed by atoms with van der Waals surface area (Å²) in [7, 11) is 0. The summed E-state index contributed by atoms with van der Waals surface area (Å²) in [5, 5.41) is 11.6. The van der Waals surface area contributed by atoms with Gasteiger partial charge in [0.2, 0.25) is 0 Å². The fourth-order valence-corrected chi connectivity index (χ4v) is 2.22. The van der Waals surface area contributed by atoms with Crippen molar-refractivity contribution in [3.63, 3.8) is 0 Å². The first kappa shape index (κ1) is 14.5. The van der Waals surface area contributed by atoms with Crippen LogP contribution in [0.3, 0.4) is 0 Å². The minimum absolute atomic E-state index is 0.240. The molecule has 1 aromatic heterocycles. The Kier molecular flexibility index (Phi) is 4.04. The van der Waals surface area contributed by atoms with E-state index in [1.807, 2.05) is 0 Å². The van der Waals surface area contributed by atoms with Crippen LogP contribution < -0.4 is 4.74 Å². The molecule has 1 heterocycles. The van der Waals surface area contributed by atoms with Gasteiger partial charge in [-0.2, -0.15) is 0 Å². The zero-order valence-electron chi connectivity index (χ0n) is 11.0. The number of ether oxygens (including phenoxy) is 1. The molecule has 0 radical (unpaired) electrons. The molecule has 110 valence electrons. The molecule has 0 amide bonds. The average Bonchev–Trinajstić information content (AvgIpc) is 3.04. The van der Waals surface area contributed by atoms with Gasteiger partial charge in [-0.25, -0.2) is 9.48 Å². The number of carbonyl (C=O) groups is 1. The minimum Gasteiger partial charge on any atom is -0.421 e. The Labute approximate surface area is 135 Å². The van der Waals surface area contributed by atoms with Crippen LogP contribution in [-0.4, -0.2) is 26.2 Å². The molecule has 0 aliphatic heterocycles. The Balaban J connectivity index is 1.85. The maximum atomic E-state index is 12.2. The van der Waals surface area contributed by atoms with E-state index in [1.165, 1.54) is 23.1 Å². The number of tetrazole rings is 1. The molecule has 0 aliphatic rings. The Morgan fingerprint density at radius 1 is 1.14 bits per heavy atom. The quantitative estimate of drug-likeness (QED) is 0.543. The third kappa shape index (κ3) is 3.08. The number of esters is 1. The molecular weight excluding hydrogens is 327 g/mol. The number of hydrogen-bond donors (Lipinski definition) is 0. The topological polar surface area (TPSA) is 69.9 Å². The monoisotopic (exact) mass is 334 g/mol. The summed E-state index contributed by atoms with van der Waals surface area (Å²) in [6.07, 6.45) is 1.43. The molecule has 0 aliphatic carbocycles. The van der Waals surface area contributed by atoms with E-state index in [1.54, 1.807) is 30.3 Å². The molecule has 0 saturated heterocycles. The lowest BCUT2D eigenvalue weighted by atomic mass is 10.2. The highest BCUT2D eigenvalue weighted by Gasteiger charge is 2.12. The predicted molar refractivity (Wildman–Crippen MR) is 80.6 cm³/mol. The first-order valence-corrected chi connectivity index (χ1v) is 6.90. The molecule has 0 spiro atoms. The van der Waals surface area contributed by atoms with Crippen LogP contribution in [0.15, 0.2) is 48.8 Å². The van der Waals surface area contributed by atoms with Crippen molar-refractivity contribution in [2.45, 2.75) is 0 Å². The highest BCUT2D eigenvalue weighted by molar-refractivity contribution is 6.35. The standard InChI is InChI=1S/C14H8Cl2N4O2/c15-10-4-5-13(12(16)7-10)22-14(21)9-2-1-3-11(6-9)20-8-17-18-19-20/h1-8H. The van der Waals surface area contributed by atoms with Gasteiger partial charge in [-0.05, 0) is 46.8 Å². The number of nitrogens with zero attached hydrogens (tertiary/aromatic N) is 4. The van der Waals surface area contributed by atoms with Gasteiger partial charge in [-0.3, -0.25) is 0 Å². The van der Waals surface area contributed by atoms with Gasteiger partial charge in [-0.1, -0.05) is 29.3 Å². The van der Waals surface area contributed by atoms with E-state index in [4.69, 9.17) is 27.9 Å². The van der Waals surface area contributed by atoms with E-state index in [0.29, 0.717) is 16.3 Å². The third-order valence-corrected chi connectivity index (χ3v) is 3.32. The fraction of sp³-hybridized carbons (Fsp3) is 0. The zero-order valence-corrected chi connectivity index (χ0v) is 12.5. The van der Waals surface area contributed by atoms with E-state index < -0.39 is 5.97 Å². The van der Waals surface area contributed by atoms with Gasteiger partial charge >= 0.3 is 5.97 Å². The molecule has 0 N–H and O–H groups in total. The van der Waals surface area contributed by atoms with E-state index >= 15 is 0 Å². The van der Waals surface area contributed by atoms with Crippen LogP contribution in [0, 0.1) is 0 Å². The van der Waals surface area contributed by atoms with E-state index in [-0.39, 0.29) is 10.8 Å². The van der Waals surface area contributed by atoms with Gasteiger partial charge in [0.15, 0.2) is 0 Å². The molecule has 0 saturated carbocycles. The minimum atomic E-state index is -0.542. The summed E-state index contributed by atoms with van der Waals surface area (Å²) in [5.41, 5.74) is 0.987. The van der Waals surface area contributed by atoms with Crippen molar-refractivity contribution in [3.8, 4) is 11.4 Å². The second-order valence-corrected chi connectivity index (χ2v) is 5.11. The van der Waals surface area contributed by atoms with Crippen molar-refractivity contribution in [1.82, 2.24) is 20.2 Å². The fourth-order valence-electron chi connectivity index (χ4n) is 1.77.